The lowest BCUT2D eigenvalue weighted by Crippen LogP contribution is -2.24. The summed E-state index contributed by atoms with van der Waals surface area (Å²) in [6, 6.07) is 15.3. The van der Waals surface area contributed by atoms with Crippen molar-refractivity contribution in [3.05, 3.63) is 74.6 Å². The molecule has 0 unspecified atom stereocenters. The Morgan fingerprint density at radius 2 is 2.00 bits per heavy atom. The number of rotatable bonds is 6. The molecule has 1 amide bonds. The number of carbonyl (C=O) groups excluding carboxylic acids is 1. The highest BCUT2D eigenvalue weighted by Crippen LogP contribution is 2.32. The molecule has 152 valence electrons. The predicted molar refractivity (Wildman–Crippen MR) is 124 cm³/mol. The lowest BCUT2D eigenvalue weighted by Gasteiger charge is -2.12. The first-order valence-electron chi connectivity index (χ1n) is 8.96. The first kappa shape index (κ1) is 20.6. The van der Waals surface area contributed by atoms with Crippen molar-refractivity contribution in [2.45, 2.75) is 6.92 Å². The highest BCUT2D eigenvalue weighted by atomic mass is 79.9. The standard InChI is InChI=1S/C21H15BrFN3O2S2/c1-2-28-15-6-3-13(4-7-15)12-24-26(20(27)17-9-10-19(22)29-17)21-25-16-8-5-14(23)11-18(16)30-21/h3-12H,2H2,1H3/b24-12+. The molecule has 0 fully saturated rings. The molecule has 0 N–H and O–H groups in total. The number of amides is 1. The minimum absolute atomic E-state index is 0.313. The number of nitrogens with zero attached hydrogens (tertiary/aromatic N) is 3. The molecule has 5 nitrogen and oxygen atoms in total. The van der Waals surface area contributed by atoms with E-state index in [-0.39, 0.29) is 11.7 Å². The number of thiophene rings is 1. The van der Waals surface area contributed by atoms with Crippen LogP contribution in [0.5, 0.6) is 5.75 Å². The predicted octanol–water partition coefficient (Wildman–Crippen LogP) is 6.34. The molecule has 0 aliphatic rings. The van der Waals surface area contributed by atoms with Crippen LogP contribution in [0.4, 0.5) is 9.52 Å². The third kappa shape index (κ3) is 4.58. The lowest BCUT2D eigenvalue weighted by molar-refractivity contribution is 0.0991. The summed E-state index contributed by atoms with van der Waals surface area (Å²) in [5.74, 6) is 0.0993. The molecule has 0 aliphatic carbocycles. The Morgan fingerprint density at radius 3 is 2.70 bits per heavy atom. The quantitative estimate of drug-likeness (QED) is 0.228. The maximum absolute atomic E-state index is 13.6. The molecule has 0 spiro atoms. The molecule has 0 radical (unpaired) electrons. The van der Waals surface area contributed by atoms with Crippen LogP contribution < -0.4 is 9.75 Å². The summed E-state index contributed by atoms with van der Waals surface area (Å²) < 4.78 is 20.5. The smallest absolute Gasteiger partial charge is 0.290 e. The number of hydrogen-bond donors (Lipinski definition) is 0. The number of ether oxygens (including phenoxy) is 1. The maximum Gasteiger partial charge on any atom is 0.290 e. The fraction of sp³-hybridized carbons (Fsp3) is 0.0952. The molecule has 2 aromatic heterocycles. The van der Waals surface area contributed by atoms with Gasteiger partial charge in [0.25, 0.3) is 5.91 Å². The second-order valence-electron chi connectivity index (χ2n) is 6.08. The highest BCUT2D eigenvalue weighted by molar-refractivity contribution is 9.11. The van der Waals surface area contributed by atoms with Crippen LogP contribution in [-0.2, 0) is 0 Å². The van der Waals surface area contributed by atoms with Crippen LogP contribution >= 0.6 is 38.6 Å². The summed E-state index contributed by atoms with van der Waals surface area (Å²) >= 11 is 5.90. The Labute approximate surface area is 188 Å². The molecule has 0 bridgehead atoms. The Morgan fingerprint density at radius 1 is 1.20 bits per heavy atom. The van der Waals surface area contributed by atoms with E-state index in [1.165, 1.54) is 39.8 Å². The average Bonchev–Trinajstić information content (AvgIpc) is 3.35. The zero-order valence-electron chi connectivity index (χ0n) is 15.7. The van der Waals surface area contributed by atoms with Gasteiger partial charge in [-0.3, -0.25) is 4.79 Å². The van der Waals surface area contributed by atoms with E-state index >= 15 is 0 Å². The topological polar surface area (TPSA) is 54.8 Å². The molecule has 4 rings (SSSR count). The van der Waals surface area contributed by atoms with Gasteiger partial charge in [0.2, 0.25) is 5.13 Å². The Balaban J connectivity index is 1.69. The number of carbonyl (C=O) groups is 1. The SMILES string of the molecule is CCOc1ccc(/C=N/N(C(=O)c2ccc(Br)s2)c2nc3ccc(F)cc3s2)cc1. The monoisotopic (exact) mass is 503 g/mol. The second kappa shape index (κ2) is 9.03. The van der Waals surface area contributed by atoms with Gasteiger partial charge in [-0.2, -0.15) is 10.1 Å². The molecule has 0 saturated carbocycles. The molecule has 2 aromatic carbocycles. The highest BCUT2D eigenvalue weighted by Gasteiger charge is 2.22. The van der Waals surface area contributed by atoms with Crippen LogP contribution in [0, 0.1) is 5.82 Å². The summed E-state index contributed by atoms with van der Waals surface area (Å²) in [4.78, 5) is 18.1. The maximum atomic E-state index is 13.6. The van der Waals surface area contributed by atoms with Gasteiger partial charge in [-0.25, -0.2) is 9.37 Å². The van der Waals surface area contributed by atoms with E-state index in [0.717, 1.165) is 15.1 Å². The van der Waals surface area contributed by atoms with Crippen molar-refractivity contribution in [1.29, 1.82) is 0 Å². The molecule has 0 saturated heterocycles. The fourth-order valence-corrected chi connectivity index (χ4v) is 4.90. The van der Waals surface area contributed by atoms with E-state index in [1.54, 1.807) is 24.4 Å². The van der Waals surface area contributed by atoms with E-state index in [2.05, 4.69) is 26.0 Å². The van der Waals surface area contributed by atoms with E-state index in [9.17, 15) is 9.18 Å². The van der Waals surface area contributed by atoms with Crippen LogP contribution in [0.1, 0.15) is 22.2 Å². The van der Waals surface area contributed by atoms with Crippen LogP contribution in [0.25, 0.3) is 10.2 Å². The number of hydrazone groups is 1. The van der Waals surface area contributed by atoms with E-state index in [4.69, 9.17) is 4.74 Å². The fourth-order valence-electron chi connectivity index (χ4n) is 2.64. The summed E-state index contributed by atoms with van der Waals surface area (Å²) in [7, 11) is 0. The molecule has 4 aromatic rings. The minimum Gasteiger partial charge on any atom is -0.494 e. The number of fused-ring (bicyclic) bond motifs is 1. The number of halogens is 2. The van der Waals surface area contributed by atoms with Gasteiger partial charge >= 0.3 is 0 Å². The van der Waals surface area contributed by atoms with Crippen molar-refractivity contribution in [1.82, 2.24) is 4.98 Å². The number of hydrogen-bond acceptors (Lipinski definition) is 6. The first-order valence-corrected chi connectivity index (χ1v) is 11.4. The summed E-state index contributed by atoms with van der Waals surface area (Å²) in [6.45, 7) is 2.51. The van der Waals surface area contributed by atoms with Gasteiger partial charge in [-0.15, -0.1) is 11.3 Å². The number of thiazole rings is 1. The zero-order valence-corrected chi connectivity index (χ0v) is 18.9. The zero-order chi connectivity index (χ0) is 21.1. The van der Waals surface area contributed by atoms with Crippen molar-refractivity contribution in [3.63, 3.8) is 0 Å². The van der Waals surface area contributed by atoms with Gasteiger partial charge in [0.15, 0.2) is 0 Å². The normalized spacial score (nSPS) is 11.3. The van der Waals surface area contributed by atoms with Gasteiger partial charge in [0, 0.05) is 0 Å². The Kier molecular flexibility index (Phi) is 6.21. The van der Waals surface area contributed by atoms with Crippen molar-refractivity contribution >= 4 is 66.1 Å². The van der Waals surface area contributed by atoms with Crippen molar-refractivity contribution in [2.75, 3.05) is 11.6 Å². The first-order chi connectivity index (χ1) is 14.5. The Bertz CT molecular complexity index is 1220. The Hall–Kier alpha value is -2.62. The number of anilines is 1. The van der Waals surface area contributed by atoms with E-state index in [1.807, 2.05) is 31.2 Å². The average molecular weight is 504 g/mol. The van der Waals surface area contributed by atoms with Crippen LogP contribution in [0.3, 0.4) is 0 Å². The van der Waals surface area contributed by atoms with Crippen LogP contribution in [0.2, 0.25) is 0 Å². The minimum atomic E-state index is -0.351. The molecule has 0 aliphatic heterocycles. The van der Waals surface area contributed by atoms with Crippen LogP contribution in [0.15, 0.2) is 63.5 Å². The number of benzene rings is 2. The van der Waals surface area contributed by atoms with Crippen molar-refractivity contribution in [3.8, 4) is 5.75 Å². The molecule has 0 atom stereocenters. The van der Waals surface area contributed by atoms with Gasteiger partial charge in [0.1, 0.15) is 11.6 Å². The van der Waals surface area contributed by atoms with Crippen molar-refractivity contribution < 1.29 is 13.9 Å². The van der Waals surface area contributed by atoms with Gasteiger partial charge in [0.05, 0.1) is 31.7 Å². The largest absolute Gasteiger partial charge is 0.494 e. The lowest BCUT2D eigenvalue weighted by atomic mass is 10.2. The summed E-state index contributed by atoms with van der Waals surface area (Å²) in [5, 5.41) is 6.02. The third-order valence-corrected chi connectivity index (χ3v) is 6.62. The summed E-state index contributed by atoms with van der Waals surface area (Å²) in [6.07, 6.45) is 1.59. The van der Waals surface area contributed by atoms with Gasteiger partial charge < -0.3 is 4.74 Å². The molecule has 30 heavy (non-hydrogen) atoms. The third-order valence-electron chi connectivity index (χ3n) is 4.01. The molecular weight excluding hydrogens is 489 g/mol. The second-order valence-corrected chi connectivity index (χ2v) is 9.55. The van der Waals surface area contributed by atoms with E-state index < -0.39 is 0 Å². The number of aromatic nitrogens is 1. The van der Waals surface area contributed by atoms with Gasteiger partial charge in [-0.1, -0.05) is 11.3 Å². The molecule has 9 heteroatoms. The van der Waals surface area contributed by atoms with Crippen molar-refractivity contribution in [2.24, 2.45) is 5.10 Å². The van der Waals surface area contributed by atoms with Gasteiger partial charge in [-0.05, 0) is 83.0 Å². The summed E-state index contributed by atoms with van der Waals surface area (Å²) in [5.41, 5.74) is 1.41. The molecular formula is C21H15BrFN3O2S2. The van der Waals surface area contributed by atoms with E-state index in [0.29, 0.717) is 26.8 Å². The molecule has 2 heterocycles. The van der Waals surface area contributed by atoms with Crippen LogP contribution in [-0.4, -0.2) is 23.7 Å².